The third-order valence-corrected chi connectivity index (χ3v) is 11.4. The maximum atomic E-state index is 5.49. The lowest BCUT2D eigenvalue weighted by Crippen LogP contribution is -1.98. The molecule has 0 spiro atoms. The Hall–Kier alpha value is -6.36. The fourth-order valence-corrected chi connectivity index (χ4v) is 9.15. The van der Waals surface area contributed by atoms with E-state index in [4.69, 9.17) is 9.97 Å². The van der Waals surface area contributed by atoms with Crippen LogP contribution in [0.4, 0.5) is 0 Å². The quantitative estimate of drug-likeness (QED) is 0.190. The molecule has 232 valence electrons. The van der Waals surface area contributed by atoms with Gasteiger partial charge in [0.15, 0.2) is 5.82 Å². The van der Waals surface area contributed by atoms with Crippen molar-refractivity contribution in [3.63, 3.8) is 0 Å². The van der Waals surface area contributed by atoms with Crippen molar-refractivity contribution < 1.29 is 0 Å². The Kier molecular flexibility index (Phi) is 5.83. The highest BCUT2D eigenvalue weighted by molar-refractivity contribution is 7.26. The Morgan fingerprint density at radius 3 is 2.00 bits per heavy atom. The summed E-state index contributed by atoms with van der Waals surface area (Å²) in [6, 6.07) is 58.9. The van der Waals surface area contributed by atoms with Crippen LogP contribution in [0.3, 0.4) is 0 Å². The van der Waals surface area contributed by atoms with Gasteiger partial charge in [-0.1, -0.05) is 127 Å². The Morgan fingerprint density at radius 1 is 0.440 bits per heavy atom. The number of fused-ring (bicyclic) bond motifs is 10. The minimum atomic E-state index is 0.733. The summed E-state index contributed by atoms with van der Waals surface area (Å²) < 4.78 is 4.88. The average Bonchev–Trinajstić information content (AvgIpc) is 3.73. The van der Waals surface area contributed by atoms with E-state index in [1.165, 1.54) is 63.5 Å². The second kappa shape index (κ2) is 10.6. The lowest BCUT2D eigenvalue weighted by atomic mass is 9.99. The van der Waals surface area contributed by atoms with Crippen molar-refractivity contribution in [1.82, 2.24) is 14.5 Å². The van der Waals surface area contributed by atoms with Crippen LogP contribution in [0.25, 0.3) is 103 Å². The molecule has 0 aliphatic carbocycles. The number of para-hydroxylation sites is 2. The molecule has 50 heavy (non-hydrogen) atoms. The summed E-state index contributed by atoms with van der Waals surface area (Å²) in [7, 11) is 0. The van der Waals surface area contributed by atoms with Crippen LogP contribution < -0.4 is 0 Å². The van der Waals surface area contributed by atoms with E-state index >= 15 is 0 Å². The van der Waals surface area contributed by atoms with Crippen molar-refractivity contribution in [2.75, 3.05) is 0 Å². The van der Waals surface area contributed by atoms with E-state index < -0.39 is 0 Å². The average molecular weight is 654 g/mol. The molecule has 0 N–H and O–H groups in total. The van der Waals surface area contributed by atoms with Gasteiger partial charge in [0.2, 0.25) is 0 Å². The van der Waals surface area contributed by atoms with Crippen LogP contribution in [0, 0.1) is 0 Å². The van der Waals surface area contributed by atoms with Crippen LogP contribution in [-0.4, -0.2) is 14.5 Å². The molecule has 0 radical (unpaired) electrons. The van der Waals surface area contributed by atoms with Crippen LogP contribution in [0.15, 0.2) is 164 Å². The fourth-order valence-electron chi connectivity index (χ4n) is 7.96. The Morgan fingerprint density at radius 2 is 1.12 bits per heavy atom. The van der Waals surface area contributed by atoms with Gasteiger partial charge in [-0.05, 0) is 57.9 Å². The summed E-state index contributed by atoms with van der Waals surface area (Å²) in [6.45, 7) is 0. The third-order valence-electron chi connectivity index (χ3n) is 10.2. The number of aromatic nitrogens is 3. The Labute approximate surface area is 291 Å². The lowest BCUT2D eigenvalue weighted by molar-refractivity contribution is 1.18. The molecule has 0 unspecified atom stereocenters. The number of nitrogens with zero attached hydrogens (tertiary/aromatic N) is 3. The molecule has 11 rings (SSSR count). The molecule has 3 nitrogen and oxygen atoms in total. The monoisotopic (exact) mass is 653 g/mol. The van der Waals surface area contributed by atoms with Crippen molar-refractivity contribution in [3.8, 4) is 28.3 Å². The second-order valence-corrected chi connectivity index (χ2v) is 14.0. The van der Waals surface area contributed by atoms with Gasteiger partial charge in [-0.2, -0.15) is 0 Å². The van der Waals surface area contributed by atoms with Crippen LogP contribution in [0.2, 0.25) is 0 Å². The molecule has 8 aromatic carbocycles. The number of rotatable bonds is 3. The van der Waals surface area contributed by atoms with E-state index in [2.05, 4.69) is 168 Å². The maximum Gasteiger partial charge on any atom is 0.161 e. The van der Waals surface area contributed by atoms with Crippen molar-refractivity contribution >= 4 is 85.8 Å². The van der Waals surface area contributed by atoms with Crippen molar-refractivity contribution in [3.05, 3.63) is 164 Å². The number of hydrogen-bond donors (Lipinski definition) is 0. The summed E-state index contributed by atoms with van der Waals surface area (Å²) in [5.41, 5.74) is 7.50. The zero-order chi connectivity index (χ0) is 32.8. The molecule has 0 aliphatic heterocycles. The standard InChI is InChI=1S/C46H27N3S/c1-3-15-31-28(12-1)14-11-20-34(31)44-35-18-5-8-21-39(35)47-46(48-44)38-27-30(26-37-33-17-7-10-23-42(33)50-45(37)38)49-40-22-9-6-19-36(40)43-32-16-4-2-13-29(32)24-25-41(43)49/h1-27H. The van der Waals surface area contributed by atoms with Gasteiger partial charge in [0.1, 0.15) is 0 Å². The second-order valence-electron chi connectivity index (χ2n) is 12.9. The van der Waals surface area contributed by atoms with Gasteiger partial charge < -0.3 is 4.57 Å². The normalized spacial score (nSPS) is 12.0. The molecule has 0 saturated heterocycles. The van der Waals surface area contributed by atoms with E-state index in [1.807, 2.05) is 11.3 Å². The molecule has 0 bridgehead atoms. The SMILES string of the molecule is c1ccc2c(-c3nc(-c4cc(-n5c6ccccc6c6c7ccccc7ccc65)cc5c4sc4ccccc45)nc4ccccc34)cccc2c1. The molecular formula is C46H27N3S. The van der Waals surface area contributed by atoms with Crippen molar-refractivity contribution in [2.24, 2.45) is 0 Å². The van der Waals surface area contributed by atoms with Gasteiger partial charge in [0.05, 0.1) is 22.2 Å². The predicted molar refractivity (Wildman–Crippen MR) is 213 cm³/mol. The van der Waals surface area contributed by atoms with Gasteiger partial charge in [0.25, 0.3) is 0 Å². The molecule has 0 saturated carbocycles. The molecule has 11 aromatic rings. The van der Waals surface area contributed by atoms with Crippen LogP contribution in [-0.2, 0) is 0 Å². The van der Waals surface area contributed by atoms with Gasteiger partial charge in [0, 0.05) is 53.1 Å². The number of thiophene rings is 1. The molecule has 3 heterocycles. The highest BCUT2D eigenvalue weighted by atomic mass is 32.1. The van der Waals surface area contributed by atoms with E-state index in [0.29, 0.717) is 0 Å². The van der Waals surface area contributed by atoms with Gasteiger partial charge >= 0.3 is 0 Å². The lowest BCUT2D eigenvalue weighted by Gasteiger charge is -2.14. The molecule has 0 atom stereocenters. The Balaban J connectivity index is 1.27. The smallest absolute Gasteiger partial charge is 0.161 e. The first kappa shape index (κ1) is 27.6. The van der Waals surface area contributed by atoms with Crippen molar-refractivity contribution in [1.29, 1.82) is 0 Å². The first-order chi connectivity index (χ1) is 24.8. The zero-order valence-electron chi connectivity index (χ0n) is 26.8. The summed E-state index contributed by atoms with van der Waals surface area (Å²) in [5, 5.41) is 10.9. The first-order valence-corrected chi connectivity index (χ1v) is 17.7. The summed E-state index contributed by atoms with van der Waals surface area (Å²) in [6.07, 6.45) is 0. The first-order valence-electron chi connectivity index (χ1n) is 16.9. The topological polar surface area (TPSA) is 30.7 Å². The number of hydrogen-bond acceptors (Lipinski definition) is 3. The third kappa shape index (κ3) is 3.97. The van der Waals surface area contributed by atoms with Gasteiger partial charge in [-0.3, -0.25) is 0 Å². The van der Waals surface area contributed by atoms with Crippen LogP contribution >= 0.6 is 11.3 Å². The highest BCUT2D eigenvalue weighted by Crippen LogP contribution is 2.44. The minimum absolute atomic E-state index is 0.733. The summed E-state index contributed by atoms with van der Waals surface area (Å²) in [4.78, 5) is 10.8. The molecule has 3 aromatic heterocycles. The van der Waals surface area contributed by atoms with Crippen LogP contribution in [0.5, 0.6) is 0 Å². The molecule has 0 aliphatic rings. The van der Waals surface area contributed by atoms with Gasteiger partial charge in [-0.25, -0.2) is 9.97 Å². The molecule has 0 amide bonds. The van der Waals surface area contributed by atoms with E-state index in [0.717, 1.165) is 39.2 Å². The molecule has 0 fully saturated rings. The van der Waals surface area contributed by atoms with E-state index in [9.17, 15) is 0 Å². The highest BCUT2D eigenvalue weighted by Gasteiger charge is 2.21. The predicted octanol–water partition coefficient (Wildman–Crippen LogP) is 12.7. The maximum absolute atomic E-state index is 5.49. The van der Waals surface area contributed by atoms with E-state index in [1.54, 1.807) is 0 Å². The zero-order valence-corrected chi connectivity index (χ0v) is 27.7. The summed E-state index contributed by atoms with van der Waals surface area (Å²) >= 11 is 1.82. The molecule has 4 heteroatoms. The number of benzene rings is 8. The van der Waals surface area contributed by atoms with Crippen LogP contribution in [0.1, 0.15) is 0 Å². The largest absolute Gasteiger partial charge is 0.309 e. The van der Waals surface area contributed by atoms with E-state index in [-0.39, 0.29) is 0 Å². The fraction of sp³-hybridized carbons (Fsp3) is 0. The minimum Gasteiger partial charge on any atom is -0.309 e. The Bertz CT molecular complexity index is 3160. The van der Waals surface area contributed by atoms with Crippen molar-refractivity contribution in [2.45, 2.75) is 0 Å². The summed E-state index contributed by atoms with van der Waals surface area (Å²) in [5.74, 6) is 0.733. The molecular weight excluding hydrogens is 627 g/mol. The van der Waals surface area contributed by atoms with Gasteiger partial charge in [-0.15, -0.1) is 11.3 Å².